The van der Waals surface area contributed by atoms with Gasteiger partial charge in [-0.25, -0.2) is 4.98 Å². The lowest BCUT2D eigenvalue weighted by atomic mass is 10.1. The highest BCUT2D eigenvalue weighted by molar-refractivity contribution is 7.71. The number of pyridine rings is 1. The fourth-order valence-corrected chi connectivity index (χ4v) is 1.70. The van der Waals surface area contributed by atoms with Crippen molar-refractivity contribution in [1.29, 1.82) is 0 Å². The molecule has 3 nitrogen and oxygen atoms in total. The molecule has 7 heteroatoms. The molecule has 0 amide bonds. The SMILES string of the molecule is FC(F)(F)c1cc(Cc2cccnc2)[nH]c(=S)n1. The van der Waals surface area contributed by atoms with Gasteiger partial charge in [0.25, 0.3) is 0 Å². The maximum Gasteiger partial charge on any atom is 0.433 e. The Balaban J connectivity index is 2.35. The lowest BCUT2D eigenvalue weighted by Crippen LogP contribution is -2.10. The Morgan fingerprint density at radius 1 is 1.33 bits per heavy atom. The summed E-state index contributed by atoms with van der Waals surface area (Å²) < 4.78 is 37.5. The number of H-pyrrole nitrogens is 1. The first-order valence-corrected chi connectivity index (χ1v) is 5.42. The van der Waals surface area contributed by atoms with Crippen LogP contribution in [0.3, 0.4) is 0 Å². The Morgan fingerprint density at radius 3 is 2.72 bits per heavy atom. The molecule has 0 bridgehead atoms. The van der Waals surface area contributed by atoms with E-state index >= 15 is 0 Å². The molecule has 0 aliphatic rings. The Kier molecular flexibility index (Phi) is 3.42. The highest BCUT2D eigenvalue weighted by Gasteiger charge is 2.32. The second kappa shape index (κ2) is 4.85. The summed E-state index contributed by atoms with van der Waals surface area (Å²) in [4.78, 5) is 9.81. The van der Waals surface area contributed by atoms with Gasteiger partial charge in [0.15, 0.2) is 4.77 Å². The second-order valence-electron chi connectivity index (χ2n) is 3.63. The van der Waals surface area contributed by atoms with Crippen LogP contribution in [-0.4, -0.2) is 15.0 Å². The third-order valence-electron chi connectivity index (χ3n) is 2.21. The molecule has 2 aromatic rings. The van der Waals surface area contributed by atoms with Crippen LogP contribution < -0.4 is 0 Å². The van der Waals surface area contributed by atoms with Gasteiger partial charge in [0.2, 0.25) is 0 Å². The minimum atomic E-state index is -4.49. The van der Waals surface area contributed by atoms with Crippen LogP contribution in [0.1, 0.15) is 17.0 Å². The van der Waals surface area contributed by atoms with Crippen LogP contribution in [0.5, 0.6) is 0 Å². The molecule has 0 aromatic carbocycles. The molecular formula is C11H8F3N3S. The van der Waals surface area contributed by atoms with E-state index in [-0.39, 0.29) is 4.77 Å². The standard InChI is InChI=1S/C11H8F3N3S/c12-11(13,14)9-5-8(16-10(18)17-9)4-7-2-1-3-15-6-7/h1-3,5-6H,4H2,(H,16,17,18). The van der Waals surface area contributed by atoms with Crippen molar-refractivity contribution in [1.82, 2.24) is 15.0 Å². The van der Waals surface area contributed by atoms with Crippen LogP contribution in [0.25, 0.3) is 0 Å². The molecule has 2 aromatic heterocycles. The number of alkyl halides is 3. The van der Waals surface area contributed by atoms with E-state index in [1.807, 2.05) is 0 Å². The van der Waals surface area contributed by atoms with Crippen LogP contribution >= 0.6 is 12.2 Å². The maximum absolute atomic E-state index is 12.6. The Bertz CT molecular complexity index is 592. The summed E-state index contributed by atoms with van der Waals surface area (Å²) in [5.74, 6) is 0. The molecule has 0 spiro atoms. The average molecular weight is 271 g/mol. The number of nitrogens with zero attached hydrogens (tertiary/aromatic N) is 2. The summed E-state index contributed by atoms with van der Waals surface area (Å²) in [6.45, 7) is 0. The van der Waals surface area contributed by atoms with Crippen LogP contribution in [0.15, 0.2) is 30.6 Å². The molecule has 0 atom stereocenters. The quantitative estimate of drug-likeness (QED) is 0.853. The smallest absolute Gasteiger partial charge is 0.334 e. The topological polar surface area (TPSA) is 41.6 Å². The van der Waals surface area contributed by atoms with Crippen molar-refractivity contribution in [2.75, 3.05) is 0 Å². The van der Waals surface area contributed by atoms with Crippen molar-refractivity contribution in [3.05, 3.63) is 52.3 Å². The fraction of sp³-hybridized carbons (Fsp3) is 0.182. The molecule has 2 heterocycles. The predicted molar refractivity (Wildman–Crippen MR) is 61.5 cm³/mol. The minimum Gasteiger partial charge on any atom is -0.334 e. The van der Waals surface area contributed by atoms with Gasteiger partial charge in [-0.15, -0.1) is 0 Å². The van der Waals surface area contributed by atoms with Crippen LogP contribution in [0, 0.1) is 4.77 Å². The van der Waals surface area contributed by atoms with Crippen molar-refractivity contribution in [2.24, 2.45) is 0 Å². The van der Waals surface area contributed by atoms with Gasteiger partial charge in [-0.05, 0) is 29.9 Å². The van der Waals surface area contributed by atoms with Gasteiger partial charge < -0.3 is 4.98 Å². The van der Waals surface area contributed by atoms with E-state index in [4.69, 9.17) is 0 Å². The van der Waals surface area contributed by atoms with Gasteiger partial charge in [0.05, 0.1) is 0 Å². The van der Waals surface area contributed by atoms with Crippen LogP contribution in [0.2, 0.25) is 0 Å². The van der Waals surface area contributed by atoms with Crippen LogP contribution in [-0.2, 0) is 12.6 Å². The van der Waals surface area contributed by atoms with Crippen molar-refractivity contribution in [3.8, 4) is 0 Å². The van der Waals surface area contributed by atoms with E-state index in [0.717, 1.165) is 11.6 Å². The van der Waals surface area contributed by atoms with Crippen molar-refractivity contribution in [2.45, 2.75) is 12.6 Å². The zero-order chi connectivity index (χ0) is 13.2. The molecule has 94 valence electrons. The largest absolute Gasteiger partial charge is 0.433 e. The molecule has 0 radical (unpaired) electrons. The van der Waals surface area contributed by atoms with Crippen molar-refractivity contribution in [3.63, 3.8) is 0 Å². The third kappa shape index (κ3) is 3.13. The van der Waals surface area contributed by atoms with E-state index in [9.17, 15) is 13.2 Å². The molecular weight excluding hydrogens is 263 g/mol. The maximum atomic E-state index is 12.6. The number of hydrogen-bond donors (Lipinski definition) is 1. The molecule has 2 rings (SSSR count). The summed E-state index contributed by atoms with van der Waals surface area (Å²) in [6.07, 6.45) is -1.01. The molecule has 0 unspecified atom stereocenters. The molecule has 1 N–H and O–H groups in total. The number of nitrogens with one attached hydrogen (secondary N) is 1. The van der Waals surface area contributed by atoms with Gasteiger partial charge in [-0.3, -0.25) is 4.98 Å². The van der Waals surface area contributed by atoms with Gasteiger partial charge in [0, 0.05) is 24.5 Å². The summed E-state index contributed by atoms with van der Waals surface area (Å²) in [5.41, 5.74) is 0.169. The highest BCUT2D eigenvalue weighted by atomic mass is 32.1. The monoisotopic (exact) mass is 271 g/mol. The van der Waals surface area contributed by atoms with E-state index in [1.165, 1.54) is 0 Å². The van der Waals surface area contributed by atoms with Crippen molar-refractivity contribution < 1.29 is 13.2 Å². The molecule has 0 aliphatic carbocycles. The number of hydrogen-bond acceptors (Lipinski definition) is 3. The minimum absolute atomic E-state index is 0.177. The van der Waals surface area contributed by atoms with Gasteiger partial charge in [-0.2, -0.15) is 13.2 Å². The number of aromatic nitrogens is 3. The Hall–Kier alpha value is -1.76. The zero-order valence-electron chi connectivity index (χ0n) is 9.03. The second-order valence-corrected chi connectivity index (χ2v) is 4.02. The van der Waals surface area contributed by atoms with Gasteiger partial charge in [0.1, 0.15) is 5.69 Å². The van der Waals surface area contributed by atoms with E-state index < -0.39 is 11.9 Å². The fourth-order valence-electron chi connectivity index (χ4n) is 1.47. The zero-order valence-corrected chi connectivity index (χ0v) is 9.85. The van der Waals surface area contributed by atoms with E-state index in [1.54, 1.807) is 24.5 Å². The number of aromatic amines is 1. The summed E-state index contributed by atoms with van der Waals surface area (Å²) in [6, 6.07) is 4.45. The Labute approximate surface area is 106 Å². The van der Waals surface area contributed by atoms with Gasteiger partial charge in [-0.1, -0.05) is 6.07 Å². The van der Waals surface area contributed by atoms with E-state index in [0.29, 0.717) is 12.1 Å². The first-order chi connectivity index (χ1) is 8.45. The molecule has 18 heavy (non-hydrogen) atoms. The van der Waals surface area contributed by atoms with Crippen molar-refractivity contribution >= 4 is 12.2 Å². The lowest BCUT2D eigenvalue weighted by molar-refractivity contribution is -0.141. The summed E-state index contributed by atoms with van der Waals surface area (Å²) in [7, 11) is 0. The first-order valence-electron chi connectivity index (χ1n) is 5.01. The van der Waals surface area contributed by atoms with Crippen LogP contribution in [0.4, 0.5) is 13.2 Å². The highest BCUT2D eigenvalue weighted by Crippen LogP contribution is 2.27. The number of rotatable bonds is 2. The predicted octanol–water partition coefficient (Wildman–Crippen LogP) is 3.14. The normalized spacial score (nSPS) is 11.5. The van der Waals surface area contributed by atoms with Gasteiger partial charge >= 0.3 is 6.18 Å². The molecule has 0 aliphatic heterocycles. The number of halogens is 3. The lowest BCUT2D eigenvalue weighted by Gasteiger charge is -2.08. The molecule has 0 fully saturated rings. The Morgan fingerprint density at radius 2 is 2.11 bits per heavy atom. The first kappa shape index (κ1) is 12.7. The molecule has 0 saturated heterocycles. The summed E-state index contributed by atoms with van der Waals surface area (Å²) in [5, 5.41) is 0. The molecule has 0 saturated carbocycles. The summed E-state index contributed by atoms with van der Waals surface area (Å²) >= 11 is 4.69. The average Bonchev–Trinajstić information content (AvgIpc) is 2.28. The third-order valence-corrected chi connectivity index (χ3v) is 2.40. The van der Waals surface area contributed by atoms with E-state index in [2.05, 4.69) is 27.2 Å².